The minimum absolute atomic E-state index is 0.125. The minimum Gasteiger partial charge on any atom is -0.341 e. The summed E-state index contributed by atoms with van der Waals surface area (Å²) >= 11 is 0. The molecule has 0 bridgehead atoms. The maximum atomic E-state index is 13.1. The molecule has 124 valence electrons. The van der Waals surface area contributed by atoms with Gasteiger partial charge in [-0.1, -0.05) is 30.3 Å². The zero-order chi connectivity index (χ0) is 16.2. The van der Waals surface area contributed by atoms with Gasteiger partial charge in [-0.2, -0.15) is 0 Å². The molecule has 0 radical (unpaired) electrons. The molecule has 0 aliphatic carbocycles. The predicted molar refractivity (Wildman–Crippen MR) is 88.7 cm³/mol. The molecule has 2 heterocycles. The smallest absolute Gasteiger partial charge is 0.228 e. The molecule has 2 saturated heterocycles. The minimum atomic E-state index is -0.152. The molecule has 2 amide bonds. The van der Waals surface area contributed by atoms with Crippen LogP contribution in [0.3, 0.4) is 0 Å². The van der Waals surface area contributed by atoms with Crippen LogP contribution in [0.1, 0.15) is 30.9 Å². The van der Waals surface area contributed by atoms with Crippen molar-refractivity contribution in [2.24, 2.45) is 5.92 Å². The lowest BCUT2D eigenvalue weighted by Gasteiger charge is -2.40. The molecule has 5 nitrogen and oxygen atoms in total. The van der Waals surface area contributed by atoms with Crippen LogP contribution in [0.2, 0.25) is 0 Å². The van der Waals surface area contributed by atoms with Crippen LogP contribution in [0, 0.1) is 5.92 Å². The molecule has 23 heavy (non-hydrogen) atoms. The highest BCUT2D eigenvalue weighted by Crippen LogP contribution is 2.36. The molecule has 2 fully saturated rings. The Bertz CT molecular complexity index is 553. The molecule has 2 aliphatic rings. The molecule has 1 aromatic carbocycles. The van der Waals surface area contributed by atoms with E-state index >= 15 is 0 Å². The van der Waals surface area contributed by atoms with E-state index in [0.717, 1.165) is 38.2 Å². The highest BCUT2D eigenvalue weighted by atomic mass is 16.2. The van der Waals surface area contributed by atoms with Gasteiger partial charge < -0.3 is 15.1 Å². The summed E-state index contributed by atoms with van der Waals surface area (Å²) in [6, 6.07) is 9.79. The number of hydrogen-bond acceptors (Lipinski definition) is 3. The first kappa shape index (κ1) is 16.0. The van der Waals surface area contributed by atoms with E-state index in [2.05, 4.69) is 5.32 Å². The van der Waals surface area contributed by atoms with Crippen LogP contribution in [0.4, 0.5) is 0 Å². The Hall–Kier alpha value is -1.88. The summed E-state index contributed by atoms with van der Waals surface area (Å²) in [5.41, 5.74) is 1.05. The van der Waals surface area contributed by atoms with Gasteiger partial charge in [0.2, 0.25) is 11.8 Å². The molecular weight excluding hydrogens is 290 g/mol. The van der Waals surface area contributed by atoms with E-state index in [1.807, 2.05) is 42.3 Å². The van der Waals surface area contributed by atoms with E-state index in [9.17, 15) is 9.59 Å². The van der Waals surface area contributed by atoms with E-state index in [-0.39, 0.29) is 23.8 Å². The Morgan fingerprint density at radius 2 is 1.96 bits per heavy atom. The first-order valence-corrected chi connectivity index (χ1v) is 8.48. The van der Waals surface area contributed by atoms with Crippen molar-refractivity contribution in [3.8, 4) is 0 Å². The standard InChI is InChI=1S/C18H25N3O2/c1-20-16(22)9-8-15(17(20)14-6-3-2-4-7-14)18(23)21-12-5-10-19-11-13-21/h2-4,6-7,15,17,19H,5,8-13H2,1H3. The lowest BCUT2D eigenvalue weighted by molar-refractivity contribution is -0.146. The number of carbonyl (C=O) groups is 2. The van der Waals surface area contributed by atoms with E-state index in [1.165, 1.54) is 0 Å². The summed E-state index contributed by atoms with van der Waals surface area (Å²) in [6.45, 7) is 3.38. The Balaban J connectivity index is 1.85. The van der Waals surface area contributed by atoms with Crippen molar-refractivity contribution in [1.29, 1.82) is 0 Å². The van der Waals surface area contributed by atoms with E-state index < -0.39 is 0 Å². The third-order valence-corrected chi connectivity index (χ3v) is 4.97. The van der Waals surface area contributed by atoms with Gasteiger partial charge in [-0.25, -0.2) is 0 Å². The molecule has 0 spiro atoms. The molecular formula is C18H25N3O2. The molecule has 1 aromatic rings. The van der Waals surface area contributed by atoms with Crippen LogP contribution >= 0.6 is 0 Å². The largest absolute Gasteiger partial charge is 0.341 e. The lowest BCUT2D eigenvalue weighted by atomic mass is 9.83. The van der Waals surface area contributed by atoms with Crippen molar-refractivity contribution >= 4 is 11.8 Å². The Labute approximate surface area is 137 Å². The summed E-state index contributed by atoms with van der Waals surface area (Å²) in [5, 5.41) is 3.34. The first-order chi connectivity index (χ1) is 11.2. The normalized spacial score (nSPS) is 26.0. The van der Waals surface area contributed by atoms with Crippen molar-refractivity contribution < 1.29 is 9.59 Å². The van der Waals surface area contributed by atoms with Gasteiger partial charge in [0.05, 0.1) is 12.0 Å². The monoisotopic (exact) mass is 315 g/mol. The third-order valence-electron chi connectivity index (χ3n) is 4.97. The summed E-state index contributed by atoms with van der Waals surface area (Å²) in [6.07, 6.45) is 2.09. The van der Waals surface area contributed by atoms with Crippen LogP contribution in [0.25, 0.3) is 0 Å². The van der Waals surface area contributed by atoms with Crippen molar-refractivity contribution in [3.05, 3.63) is 35.9 Å². The Kier molecular flexibility index (Phi) is 4.96. The number of amides is 2. The SMILES string of the molecule is CN1C(=O)CCC(C(=O)N2CCCNCC2)C1c1ccccc1. The van der Waals surface area contributed by atoms with Gasteiger partial charge in [0, 0.05) is 33.1 Å². The number of benzene rings is 1. The number of rotatable bonds is 2. The average molecular weight is 315 g/mol. The first-order valence-electron chi connectivity index (χ1n) is 8.48. The van der Waals surface area contributed by atoms with Crippen molar-refractivity contribution in [2.75, 3.05) is 33.2 Å². The van der Waals surface area contributed by atoms with Crippen molar-refractivity contribution in [1.82, 2.24) is 15.1 Å². The molecule has 0 saturated carbocycles. The van der Waals surface area contributed by atoms with Gasteiger partial charge in [-0.3, -0.25) is 9.59 Å². The summed E-state index contributed by atoms with van der Waals surface area (Å²) in [5.74, 6) is 0.181. The summed E-state index contributed by atoms with van der Waals surface area (Å²) < 4.78 is 0. The average Bonchev–Trinajstić information content (AvgIpc) is 2.86. The van der Waals surface area contributed by atoms with Gasteiger partial charge in [0.25, 0.3) is 0 Å². The topological polar surface area (TPSA) is 52.7 Å². The number of piperidine rings is 1. The van der Waals surface area contributed by atoms with E-state index in [0.29, 0.717) is 12.8 Å². The van der Waals surface area contributed by atoms with Gasteiger partial charge in [-0.15, -0.1) is 0 Å². The van der Waals surface area contributed by atoms with Gasteiger partial charge >= 0.3 is 0 Å². The van der Waals surface area contributed by atoms with E-state index in [4.69, 9.17) is 0 Å². The third kappa shape index (κ3) is 3.39. The second-order valence-electron chi connectivity index (χ2n) is 6.43. The van der Waals surface area contributed by atoms with Crippen molar-refractivity contribution in [2.45, 2.75) is 25.3 Å². The zero-order valence-corrected chi connectivity index (χ0v) is 13.7. The summed E-state index contributed by atoms with van der Waals surface area (Å²) in [7, 11) is 1.82. The van der Waals surface area contributed by atoms with Crippen LogP contribution in [-0.4, -0.2) is 54.8 Å². The number of nitrogens with zero attached hydrogens (tertiary/aromatic N) is 2. The van der Waals surface area contributed by atoms with E-state index in [1.54, 1.807) is 4.90 Å². The molecule has 5 heteroatoms. The number of nitrogens with one attached hydrogen (secondary N) is 1. The van der Waals surface area contributed by atoms with Gasteiger partial charge in [-0.05, 0) is 24.9 Å². The van der Waals surface area contributed by atoms with Crippen LogP contribution < -0.4 is 5.32 Å². The Morgan fingerprint density at radius 3 is 2.74 bits per heavy atom. The zero-order valence-electron chi connectivity index (χ0n) is 13.7. The lowest BCUT2D eigenvalue weighted by Crippen LogP contribution is -2.48. The molecule has 2 unspecified atom stereocenters. The number of carbonyl (C=O) groups excluding carboxylic acids is 2. The second kappa shape index (κ2) is 7.13. The summed E-state index contributed by atoms with van der Waals surface area (Å²) in [4.78, 5) is 29.0. The Morgan fingerprint density at radius 1 is 1.17 bits per heavy atom. The highest BCUT2D eigenvalue weighted by molar-refractivity contribution is 5.85. The fourth-order valence-corrected chi connectivity index (χ4v) is 3.70. The second-order valence-corrected chi connectivity index (χ2v) is 6.43. The molecule has 0 aromatic heterocycles. The maximum Gasteiger partial charge on any atom is 0.228 e. The van der Waals surface area contributed by atoms with Crippen molar-refractivity contribution in [3.63, 3.8) is 0 Å². The van der Waals surface area contributed by atoms with Gasteiger partial charge in [0.15, 0.2) is 0 Å². The molecule has 3 rings (SSSR count). The fraction of sp³-hybridized carbons (Fsp3) is 0.556. The molecule has 2 aliphatic heterocycles. The highest BCUT2D eigenvalue weighted by Gasteiger charge is 2.40. The number of likely N-dealkylation sites (tertiary alicyclic amines) is 1. The number of hydrogen-bond donors (Lipinski definition) is 1. The van der Waals surface area contributed by atoms with Crippen LogP contribution in [0.15, 0.2) is 30.3 Å². The molecule has 2 atom stereocenters. The van der Waals surface area contributed by atoms with Crippen LogP contribution in [-0.2, 0) is 9.59 Å². The maximum absolute atomic E-state index is 13.1. The van der Waals surface area contributed by atoms with Gasteiger partial charge in [0.1, 0.15) is 0 Å². The quantitative estimate of drug-likeness (QED) is 0.898. The van der Waals surface area contributed by atoms with Crippen LogP contribution in [0.5, 0.6) is 0 Å². The molecule has 1 N–H and O–H groups in total. The fourth-order valence-electron chi connectivity index (χ4n) is 3.70. The predicted octanol–water partition coefficient (Wildman–Crippen LogP) is 1.42.